The average molecular weight is 390 g/mol. The molecule has 2 N–H and O–H groups in total. The predicted octanol–water partition coefficient (Wildman–Crippen LogP) is 5.09. The van der Waals surface area contributed by atoms with E-state index in [0.717, 1.165) is 18.5 Å². The third-order valence-electron chi connectivity index (χ3n) is 5.13. The predicted molar refractivity (Wildman–Crippen MR) is 111 cm³/mol. The lowest BCUT2D eigenvalue weighted by molar-refractivity contribution is 0.0927. The number of hydrogen-bond donors (Lipinski definition) is 2. The number of benzene rings is 2. The van der Waals surface area contributed by atoms with Crippen molar-refractivity contribution in [2.45, 2.75) is 38.1 Å². The Kier molecular flexibility index (Phi) is 5.79. The Labute approximate surface area is 169 Å². The highest BCUT2D eigenvalue weighted by atomic mass is 19.1. The number of amides is 1. The highest BCUT2D eigenvalue weighted by Crippen LogP contribution is 2.23. The van der Waals surface area contributed by atoms with E-state index in [-0.39, 0.29) is 17.8 Å². The standard InChI is InChI=1S/C23H23FN4O/c24-18-8-4-6-16(12-18)21-14-22(26-15-25-21)27-20-11-5-7-17(13-20)23(29)28-19-9-2-1-3-10-19/h4-8,11-15,19H,1-3,9-10H2,(H,28,29)(H,25,26,27). The van der Waals surface area contributed by atoms with Crippen molar-refractivity contribution in [1.82, 2.24) is 15.3 Å². The Morgan fingerprint density at radius 1 is 0.966 bits per heavy atom. The first-order chi connectivity index (χ1) is 14.2. The van der Waals surface area contributed by atoms with E-state index in [4.69, 9.17) is 0 Å². The lowest BCUT2D eigenvalue weighted by Gasteiger charge is -2.22. The van der Waals surface area contributed by atoms with Gasteiger partial charge in [-0.3, -0.25) is 4.79 Å². The number of anilines is 2. The van der Waals surface area contributed by atoms with Gasteiger partial charge in [-0.2, -0.15) is 0 Å². The van der Waals surface area contributed by atoms with Crippen LogP contribution in [0.1, 0.15) is 42.5 Å². The maximum Gasteiger partial charge on any atom is 0.251 e. The van der Waals surface area contributed by atoms with Gasteiger partial charge in [-0.25, -0.2) is 14.4 Å². The first kappa shape index (κ1) is 19.1. The molecule has 1 aliphatic carbocycles. The first-order valence-electron chi connectivity index (χ1n) is 9.93. The second-order valence-electron chi connectivity index (χ2n) is 7.31. The van der Waals surface area contributed by atoms with Gasteiger partial charge in [0.05, 0.1) is 5.69 Å². The Morgan fingerprint density at radius 3 is 2.62 bits per heavy atom. The number of aromatic nitrogens is 2. The molecule has 1 aliphatic rings. The fourth-order valence-electron chi connectivity index (χ4n) is 3.63. The molecule has 2 aromatic carbocycles. The van der Waals surface area contributed by atoms with Crippen LogP contribution in [0.2, 0.25) is 0 Å². The smallest absolute Gasteiger partial charge is 0.251 e. The first-order valence-corrected chi connectivity index (χ1v) is 9.93. The maximum atomic E-state index is 13.5. The van der Waals surface area contributed by atoms with Crippen LogP contribution in [0.3, 0.4) is 0 Å². The van der Waals surface area contributed by atoms with Crippen molar-refractivity contribution in [2.75, 3.05) is 5.32 Å². The van der Waals surface area contributed by atoms with Gasteiger partial charge in [-0.05, 0) is 43.2 Å². The number of hydrogen-bond acceptors (Lipinski definition) is 4. The van der Waals surface area contributed by atoms with Crippen molar-refractivity contribution in [3.63, 3.8) is 0 Å². The highest BCUT2D eigenvalue weighted by molar-refractivity contribution is 5.95. The van der Waals surface area contributed by atoms with Crippen LogP contribution in [-0.4, -0.2) is 21.9 Å². The molecule has 0 aliphatic heterocycles. The Morgan fingerprint density at radius 2 is 1.79 bits per heavy atom. The lowest BCUT2D eigenvalue weighted by atomic mass is 9.95. The molecule has 3 aromatic rings. The molecule has 1 aromatic heterocycles. The van der Waals surface area contributed by atoms with Gasteiger partial charge in [0, 0.05) is 28.9 Å². The lowest BCUT2D eigenvalue weighted by Crippen LogP contribution is -2.36. The van der Waals surface area contributed by atoms with Crippen LogP contribution in [0.25, 0.3) is 11.3 Å². The van der Waals surface area contributed by atoms with E-state index in [2.05, 4.69) is 20.6 Å². The SMILES string of the molecule is O=C(NC1CCCCC1)c1cccc(Nc2cc(-c3cccc(F)c3)ncn2)c1. The molecule has 0 spiro atoms. The summed E-state index contributed by atoms with van der Waals surface area (Å²) in [6.07, 6.45) is 7.13. The van der Waals surface area contributed by atoms with Gasteiger partial charge in [0.2, 0.25) is 0 Å². The number of rotatable bonds is 5. The van der Waals surface area contributed by atoms with Gasteiger partial charge >= 0.3 is 0 Å². The minimum Gasteiger partial charge on any atom is -0.349 e. The summed E-state index contributed by atoms with van der Waals surface area (Å²) in [7, 11) is 0. The van der Waals surface area contributed by atoms with E-state index < -0.39 is 0 Å². The summed E-state index contributed by atoms with van der Waals surface area (Å²) in [5.74, 6) is 0.208. The summed E-state index contributed by atoms with van der Waals surface area (Å²) >= 11 is 0. The normalized spacial score (nSPS) is 14.4. The molecular formula is C23H23FN4O. The third kappa shape index (κ3) is 4.96. The molecule has 0 radical (unpaired) electrons. The number of carbonyl (C=O) groups excluding carboxylic acids is 1. The molecule has 6 heteroatoms. The molecule has 1 heterocycles. The Balaban J connectivity index is 1.48. The zero-order chi connectivity index (χ0) is 20.1. The fraction of sp³-hybridized carbons (Fsp3) is 0.261. The topological polar surface area (TPSA) is 66.9 Å². The molecular weight excluding hydrogens is 367 g/mol. The largest absolute Gasteiger partial charge is 0.349 e. The summed E-state index contributed by atoms with van der Waals surface area (Å²) in [5.41, 5.74) is 2.66. The van der Waals surface area contributed by atoms with Crippen molar-refractivity contribution in [1.29, 1.82) is 0 Å². The molecule has 1 fully saturated rings. The van der Waals surface area contributed by atoms with Gasteiger partial charge in [0.25, 0.3) is 5.91 Å². The molecule has 148 valence electrons. The molecule has 1 saturated carbocycles. The summed E-state index contributed by atoms with van der Waals surface area (Å²) < 4.78 is 13.5. The molecule has 0 atom stereocenters. The zero-order valence-electron chi connectivity index (χ0n) is 16.1. The van der Waals surface area contributed by atoms with Crippen molar-refractivity contribution in [2.24, 2.45) is 0 Å². The van der Waals surface area contributed by atoms with Crippen molar-refractivity contribution in [3.05, 3.63) is 72.3 Å². The summed E-state index contributed by atoms with van der Waals surface area (Å²) in [6, 6.07) is 15.6. The number of nitrogens with one attached hydrogen (secondary N) is 2. The van der Waals surface area contributed by atoms with Gasteiger partial charge in [-0.1, -0.05) is 37.5 Å². The van der Waals surface area contributed by atoms with Crippen LogP contribution in [0.4, 0.5) is 15.9 Å². The number of carbonyl (C=O) groups is 1. The molecule has 0 bridgehead atoms. The van der Waals surface area contributed by atoms with Gasteiger partial charge in [0.15, 0.2) is 0 Å². The second kappa shape index (κ2) is 8.82. The quantitative estimate of drug-likeness (QED) is 0.637. The van der Waals surface area contributed by atoms with Crippen LogP contribution in [0, 0.1) is 5.82 Å². The summed E-state index contributed by atoms with van der Waals surface area (Å²) in [5, 5.41) is 6.34. The van der Waals surface area contributed by atoms with Crippen LogP contribution in [-0.2, 0) is 0 Å². The van der Waals surface area contributed by atoms with Crippen molar-refractivity contribution >= 4 is 17.4 Å². The molecule has 29 heavy (non-hydrogen) atoms. The minimum absolute atomic E-state index is 0.0521. The van der Waals surface area contributed by atoms with E-state index in [1.54, 1.807) is 18.2 Å². The van der Waals surface area contributed by atoms with Crippen molar-refractivity contribution in [3.8, 4) is 11.3 Å². The van der Waals surface area contributed by atoms with E-state index in [1.165, 1.54) is 37.7 Å². The summed E-state index contributed by atoms with van der Waals surface area (Å²) in [4.78, 5) is 21.0. The monoisotopic (exact) mass is 390 g/mol. The van der Waals surface area contributed by atoms with Gasteiger partial charge in [0.1, 0.15) is 18.0 Å². The molecule has 0 unspecified atom stereocenters. The Bertz CT molecular complexity index is 1000. The third-order valence-corrected chi connectivity index (χ3v) is 5.13. The molecule has 4 rings (SSSR count). The summed E-state index contributed by atoms with van der Waals surface area (Å²) in [6.45, 7) is 0. The molecule has 1 amide bonds. The van der Waals surface area contributed by atoms with E-state index >= 15 is 0 Å². The van der Waals surface area contributed by atoms with E-state index in [0.29, 0.717) is 22.6 Å². The van der Waals surface area contributed by atoms with E-state index in [9.17, 15) is 9.18 Å². The van der Waals surface area contributed by atoms with Gasteiger partial charge in [-0.15, -0.1) is 0 Å². The fourth-order valence-corrected chi connectivity index (χ4v) is 3.63. The zero-order valence-corrected chi connectivity index (χ0v) is 16.1. The van der Waals surface area contributed by atoms with Crippen LogP contribution in [0.5, 0.6) is 0 Å². The maximum absolute atomic E-state index is 13.5. The van der Waals surface area contributed by atoms with Gasteiger partial charge < -0.3 is 10.6 Å². The Hall–Kier alpha value is -3.28. The number of nitrogens with zero attached hydrogens (tertiary/aromatic N) is 2. The van der Waals surface area contributed by atoms with Crippen LogP contribution < -0.4 is 10.6 Å². The minimum atomic E-state index is -0.313. The molecule has 0 saturated heterocycles. The number of halogens is 1. The van der Waals surface area contributed by atoms with Crippen molar-refractivity contribution < 1.29 is 9.18 Å². The van der Waals surface area contributed by atoms with E-state index in [1.807, 2.05) is 24.3 Å². The average Bonchev–Trinajstić information content (AvgIpc) is 2.75. The molecule has 5 nitrogen and oxygen atoms in total. The van der Waals surface area contributed by atoms with Crippen LogP contribution >= 0.6 is 0 Å². The second-order valence-corrected chi connectivity index (χ2v) is 7.31. The van der Waals surface area contributed by atoms with Crippen LogP contribution in [0.15, 0.2) is 60.9 Å². The highest BCUT2D eigenvalue weighted by Gasteiger charge is 2.16.